The molecule has 0 nitrogen and oxygen atoms in total. The van der Waals surface area contributed by atoms with E-state index in [1.54, 1.807) is 0 Å². The van der Waals surface area contributed by atoms with E-state index in [1.165, 1.54) is 0 Å². The summed E-state index contributed by atoms with van der Waals surface area (Å²) in [6.07, 6.45) is 0. The van der Waals surface area contributed by atoms with Crippen molar-refractivity contribution in [2.45, 2.75) is 0 Å². The van der Waals surface area contributed by atoms with Gasteiger partial charge in [-0.25, -0.2) is 13.2 Å². The van der Waals surface area contributed by atoms with Crippen LogP contribution in [0.3, 0.4) is 0 Å². The minimum atomic E-state index is -1.22. The van der Waals surface area contributed by atoms with Crippen LogP contribution in [0.4, 0.5) is 13.2 Å². The highest BCUT2D eigenvalue weighted by Gasteiger charge is 2.08. The highest BCUT2D eigenvalue weighted by Crippen LogP contribution is 2.12. The Bertz CT molecular complexity index is 376. The van der Waals surface area contributed by atoms with Crippen LogP contribution in [0.1, 0.15) is 5.56 Å². The van der Waals surface area contributed by atoms with Gasteiger partial charge in [-0.1, -0.05) is 27.8 Å². The van der Waals surface area contributed by atoms with Crippen LogP contribution >= 0.6 is 15.9 Å². The Labute approximate surface area is 81.9 Å². The van der Waals surface area contributed by atoms with E-state index in [-0.39, 0.29) is 5.56 Å². The molecule has 0 bridgehead atoms. The Morgan fingerprint density at radius 1 is 1.23 bits per heavy atom. The average Bonchev–Trinajstić information content (AvgIpc) is 2.09. The van der Waals surface area contributed by atoms with Crippen molar-refractivity contribution in [1.29, 1.82) is 0 Å². The van der Waals surface area contributed by atoms with Crippen LogP contribution in [0, 0.1) is 29.3 Å². The highest BCUT2D eigenvalue weighted by molar-refractivity contribution is 9.09. The third-order valence-electron chi connectivity index (χ3n) is 1.28. The molecule has 4 heteroatoms. The summed E-state index contributed by atoms with van der Waals surface area (Å²) >= 11 is 2.98. The van der Waals surface area contributed by atoms with Crippen molar-refractivity contribution in [3.63, 3.8) is 0 Å². The first kappa shape index (κ1) is 10.1. The number of benzene rings is 1. The van der Waals surface area contributed by atoms with Crippen molar-refractivity contribution in [2.75, 3.05) is 5.33 Å². The molecule has 0 aliphatic heterocycles. The van der Waals surface area contributed by atoms with Crippen LogP contribution in [0.15, 0.2) is 12.1 Å². The van der Waals surface area contributed by atoms with Crippen molar-refractivity contribution in [3.05, 3.63) is 35.1 Å². The number of rotatable bonds is 0. The third kappa shape index (κ3) is 2.49. The summed E-state index contributed by atoms with van der Waals surface area (Å²) < 4.78 is 38.0. The van der Waals surface area contributed by atoms with Crippen LogP contribution in [-0.4, -0.2) is 5.33 Å². The predicted molar refractivity (Wildman–Crippen MR) is 47.0 cm³/mol. The molecule has 0 N–H and O–H groups in total. The Balaban J connectivity index is 3.20. The highest BCUT2D eigenvalue weighted by atomic mass is 79.9. The standard InChI is InChI=1S/C9H4BrF3/c10-3-1-2-6-4-7(11)5-8(12)9(6)13/h4-5H,3H2. The van der Waals surface area contributed by atoms with Gasteiger partial charge in [-0.05, 0) is 6.07 Å². The average molecular weight is 249 g/mol. The summed E-state index contributed by atoms with van der Waals surface area (Å²) in [5.74, 6) is 1.57. The first-order valence-corrected chi connectivity index (χ1v) is 4.46. The second kappa shape index (κ2) is 4.33. The van der Waals surface area contributed by atoms with Gasteiger partial charge in [0.1, 0.15) is 5.82 Å². The molecule has 13 heavy (non-hydrogen) atoms. The number of halogens is 4. The van der Waals surface area contributed by atoms with Gasteiger partial charge in [0.15, 0.2) is 11.6 Å². The zero-order valence-corrected chi connectivity index (χ0v) is 7.96. The van der Waals surface area contributed by atoms with Gasteiger partial charge >= 0.3 is 0 Å². The molecule has 0 atom stereocenters. The summed E-state index contributed by atoms with van der Waals surface area (Å²) in [5.41, 5.74) is -0.267. The SMILES string of the molecule is Fc1cc(F)c(F)c(C#CCBr)c1. The lowest BCUT2D eigenvalue weighted by Gasteiger charge is -1.96. The molecule has 0 aliphatic carbocycles. The van der Waals surface area contributed by atoms with Crippen molar-refractivity contribution in [3.8, 4) is 11.8 Å². The summed E-state index contributed by atoms with van der Waals surface area (Å²) in [5, 5.41) is 0.324. The van der Waals surface area contributed by atoms with Crippen LogP contribution in [0.25, 0.3) is 0 Å². The van der Waals surface area contributed by atoms with E-state index in [9.17, 15) is 13.2 Å². The molecule has 0 aliphatic rings. The lowest BCUT2D eigenvalue weighted by molar-refractivity contribution is 0.492. The van der Waals surface area contributed by atoms with Crippen molar-refractivity contribution < 1.29 is 13.2 Å². The summed E-state index contributed by atoms with van der Waals surface area (Å²) in [4.78, 5) is 0. The quantitative estimate of drug-likeness (QED) is 0.376. The fourth-order valence-corrected chi connectivity index (χ4v) is 0.916. The van der Waals surface area contributed by atoms with Gasteiger partial charge in [-0.3, -0.25) is 0 Å². The largest absolute Gasteiger partial charge is 0.207 e. The number of alkyl halides is 1. The van der Waals surface area contributed by atoms with E-state index < -0.39 is 17.5 Å². The Morgan fingerprint density at radius 2 is 1.92 bits per heavy atom. The molecule has 1 aromatic carbocycles. The molecule has 0 unspecified atom stereocenters. The smallest absolute Gasteiger partial charge is 0.174 e. The fourth-order valence-electron chi connectivity index (χ4n) is 0.776. The molecular formula is C9H4BrF3. The van der Waals surface area contributed by atoms with E-state index in [0.717, 1.165) is 6.07 Å². The molecule has 0 spiro atoms. The van der Waals surface area contributed by atoms with Gasteiger partial charge in [0.05, 0.1) is 10.9 Å². The number of hydrogen-bond acceptors (Lipinski definition) is 0. The first-order chi connectivity index (χ1) is 6.15. The second-order valence-corrected chi connectivity index (χ2v) is 2.75. The molecule has 68 valence electrons. The van der Waals surface area contributed by atoms with Crippen molar-refractivity contribution >= 4 is 15.9 Å². The molecule has 0 fully saturated rings. The third-order valence-corrected chi connectivity index (χ3v) is 1.56. The minimum absolute atomic E-state index is 0.267. The minimum Gasteiger partial charge on any atom is -0.207 e. The summed E-state index contributed by atoms with van der Waals surface area (Å²) in [6.45, 7) is 0. The molecular weight excluding hydrogens is 245 g/mol. The van der Waals surface area contributed by atoms with Gasteiger partial charge in [-0.2, -0.15) is 0 Å². The number of hydrogen-bond donors (Lipinski definition) is 0. The lowest BCUT2D eigenvalue weighted by atomic mass is 10.2. The summed E-state index contributed by atoms with van der Waals surface area (Å²) in [6, 6.07) is 1.34. The molecule has 1 rings (SSSR count). The van der Waals surface area contributed by atoms with Crippen LogP contribution in [0.5, 0.6) is 0 Å². The fraction of sp³-hybridized carbons (Fsp3) is 0.111. The van der Waals surface area contributed by atoms with Crippen molar-refractivity contribution in [2.24, 2.45) is 0 Å². The van der Waals surface area contributed by atoms with Gasteiger partial charge < -0.3 is 0 Å². The molecule has 0 amide bonds. The summed E-state index contributed by atoms with van der Waals surface area (Å²) in [7, 11) is 0. The zero-order chi connectivity index (χ0) is 9.84. The molecule has 0 aromatic heterocycles. The Morgan fingerprint density at radius 3 is 2.54 bits per heavy atom. The maximum Gasteiger partial charge on any atom is 0.174 e. The molecule has 0 radical (unpaired) electrons. The molecule has 0 saturated carbocycles. The maximum absolute atomic E-state index is 12.8. The molecule has 1 aromatic rings. The lowest BCUT2D eigenvalue weighted by Crippen LogP contribution is -1.91. The van der Waals surface area contributed by atoms with Crippen LogP contribution < -0.4 is 0 Å². The molecule has 0 heterocycles. The topological polar surface area (TPSA) is 0 Å². The van der Waals surface area contributed by atoms with Crippen LogP contribution in [-0.2, 0) is 0 Å². The van der Waals surface area contributed by atoms with E-state index in [1.807, 2.05) is 0 Å². The van der Waals surface area contributed by atoms with Gasteiger partial charge in [0.2, 0.25) is 0 Å². The predicted octanol–water partition coefficient (Wildman–Crippen LogP) is 2.85. The maximum atomic E-state index is 12.8. The van der Waals surface area contributed by atoms with E-state index in [2.05, 4.69) is 27.8 Å². The monoisotopic (exact) mass is 248 g/mol. The normalized spacial score (nSPS) is 9.23. The van der Waals surface area contributed by atoms with Gasteiger partial charge in [0, 0.05) is 6.07 Å². The van der Waals surface area contributed by atoms with Crippen molar-refractivity contribution in [1.82, 2.24) is 0 Å². The second-order valence-electron chi connectivity index (χ2n) is 2.18. The zero-order valence-electron chi connectivity index (χ0n) is 6.37. The Kier molecular flexibility index (Phi) is 3.38. The van der Waals surface area contributed by atoms with E-state index >= 15 is 0 Å². The van der Waals surface area contributed by atoms with Crippen LogP contribution in [0.2, 0.25) is 0 Å². The Hall–Kier alpha value is -0.950. The molecule has 0 saturated heterocycles. The first-order valence-electron chi connectivity index (χ1n) is 3.34. The van der Waals surface area contributed by atoms with E-state index in [0.29, 0.717) is 11.4 Å². The van der Waals surface area contributed by atoms with E-state index in [4.69, 9.17) is 0 Å². The van der Waals surface area contributed by atoms with Gasteiger partial charge in [0.25, 0.3) is 0 Å². The van der Waals surface area contributed by atoms with Gasteiger partial charge in [-0.15, -0.1) is 0 Å².